The highest BCUT2D eigenvalue weighted by Gasteiger charge is 2.27. The molecule has 16 heavy (non-hydrogen) atoms. The van der Waals surface area contributed by atoms with Crippen LogP contribution < -0.4 is 5.73 Å². The van der Waals surface area contributed by atoms with Crippen molar-refractivity contribution in [3.63, 3.8) is 0 Å². The highest BCUT2D eigenvalue weighted by molar-refractivity contribution is 8.07. The summed E-state index contributed by atoms with van der Waals surface area (Å²) in [5.41, 5.74) is 6.30. The number of rotatable bonds is 7. The molecule has 0 amide bonds. The van der Waals surface area contributed by atoms with Gasteiger partial charge in [0.15, 0.2) is 0 Å². The first-order valence-corrected chi connectivity index (χ1v) is 8.45. The first kappa shape index (κ1) is 14.5. The van der Waals surface area contributed by atoms with E-state index in [1.165, 1.54) is 37.2 Å². The summed E-state index contributed by atoms with van der Waals surface area (Å²) in [6, 6.07) is 0.400. The SMILES string of the molecule is C=CCCCCCC(N)C1SCCSC1C. The standard InChI is InChI=1S/C13H25NS2/c1-3-4-5-6-7-8-12(14)13-11(2)15-9-10-16-13/h3,11-13H,1,4-10,14H2,2H3. The van der Waals surface area contributed by atoms with E-state index in [1.807, 2.05) is 6.08 Å². The Morgan fingerprint density at radius 2 is 2.06 bits per heavy atom. The number of allylic oxidation sites excluding steroid dienone is 1. The van der Waals surface area contributed by atoms with Crippen LogP contribution in [0.1, 0.15) is 39.0 Å². The summed E-state index contributed by atoms with van der Waals surface area (Å²) in [6.07, 6.45) is 8.22. The minimum absolute atomic E-state index is 0.400. The maximum Gasteiger partial charge on any atom is 0.0315 e. The van der Waals surface area contributed by atoms with Crippen molar-refractivity contribution in [3.8, 4) is 0 Å². The molecule has 1 saturated heterocycles. The molecule has 0 aromatic carbocycles. The van der Waals surface area contributed by atoms with Crippen molar-refractivity contribution in [2.24, 2.45) is 5.73 Å². The fourth-order valence-corrected chi connectivity index (χ4v) is 5.06. The summed E-state index contributed by atoms with van der Waals surface area (Å²) in [7, 11) is 0. The predicted molar refractivity (Wildman–Crippen MR) is 79.4 cm³/mol. The van der Waals surface area contributed by atoms with Gasteiger partial charge in [-0.1, -0.05) is 25.8 Å². The fraction of sp³-hybridized carbons (Fsp3) is 0.846. The summed E-state index contributed by atoms with van der Waals surface area (Å²) in [5, 5.41) is 1.42. The number of nitrogens with two attached hydrogens (primary N) is 1. The minimum Gasteiger partial charge on any atom is -0.327 e. The molecule has 0 aliphatic carbocycles. The van der Waals surface area contributed by atoms with E-state index in [4.69, 9.17) is 5.73 Å². The predicted octanol–water partition coefficient (Wildman–Crippen LogP) is 3.69. The molecule has 94 valence electrons. The molecule has 2 N–H and O–H groups in total. The van der Waals surface area contributed by atoms with Crippen LogP contribution in [0.3, 0.4) is 0 Å². The molecule has 0 aromatic rings. The van der Waals surface area contributed by atoms with E-state index >= 15 is 0 Å². The quantitative estimate of drug-likeness (QED) is 0.558. The highest BCUT2D eigenvalue weighted by atomic mass is 32.2. The molecule has 1 nitrogen and oxygen atoms in total. The van der Waals surface area contributed by atoms with E-state index in [0.717, 1.165) is 11.7 Å². The number of unbranched alkanes of at least 4 members (excludes halogenated alkanes) is 3. The Morgan fingerprint density at radius 3 is 2.75 bits per heavy atom. The van der Waals surface area contributed by atoms with E-state index < -0.39 is 0 Å². The monoisotopic (exact) mass is 259 g/mol. The second-order valence-electron chi connectivity index (χ2n) is 4.50. The molecule has 1 fully saturated rings. The molecule has 1 aliphatic heterocycles. The third-order valence-corrected chi connectivity index (χ3v) is 6.38. The van der Waals surface area contributed by atoms with Gasteiger partial charge in [0.2, 0.25) is 0 Å². The van der Waals surface area contributed by atoms with Crippen LogP contribution in [-0.2, 0) is 0 Å². The molecule has 1 rings (SSSR count). The van der Waals surface area contributed by atoms with Gasteiger partial charge in [-0.2, -0.15) is 23.5 Å². The fourth-order valence-electron chi connectivity index (χ4n) is 2.13. The Balaban J connectivity index is 2.12. The first-order valence-electron chi connectivity index (χ1n) is 6.35. The second kappa shape index (κ2) is 8.48. The van der Waals surface area contributed by atoms with Crippen molar-refractivity contribution in [2.45, 2.75) is 55.6 Å². The van der Waals surface area contributed by atoms with Crippen molar-refractivity contribution in [1.82, 2.24) is 0 Å². The summed E-state index contributed by atoms with van der Waals surface area (Å²) in [4.78, 5) is 0. The number of hydrogen-bond acceptors (Lipinski definition) is 3. The van der Waals surface area contributed by atoms with Crippen molar-refractivity contribution < 1.29 is 0 Å². The summed E-state index contributed by atoms with van der Waals surface area (Å²) >= 11 is 4.17. The maximum absolute atomic E-state index is 6.30. The molecule has 0 aromatic heterocycles. The maximum atomic E-state index is 6.30. The highest BCUT2D eigenvalue weighted by Crippen LogP contribution is 2.33. The molecule has 0 bridgehead atoms. The van der Waals surface area contributed by atoms with Gasteiger partial charge in [0.05, 0.1) is 0 Å². The van der Waals surface area contributed by atoms with Gasteiger partial charge in [0, 0.05) is 28.0 Å². The summed E-state index contributed by atoms with van der Waals surface area (Å²) in [6.45, 7) is 6.08. The molecule has 0 saturated carbocycles. The van der Waals surface area contributed by atoms with Crippen molar-refractivity contribution in [2.75, 3.05) is 11.5 Å². The van der Waals surface area contributed by atoms with E-state index in [-0.39, 0.29) is 0 Å². The van der Waals surface area contributed by atoms with Crippen LogP contribution in [-0.4, -0.2) is 28.0 Å². The van der Waals surface area contributed by atoms with E-state index in [1.54, 1.807) is 0 Å². The zero-order valence-electron chi connectivity index (χ0n) is 10.4. The van der Waals surface area contributed by atoms with Crippen LogP contribution in [0.15, 0.2) is 12.7 Å². The molecule has 3 heteroatoms. The van der Waals surface area contributed by atoms with Crippen LogP contribution in [0.4, 0.5) is 0 Å². The lowest BCUT2D eigenvalue weighted by molar-refractivity contribution is 0.533. The lowest BCUT2D eigenvalue weighted by atomic mass is 10.0. The van der Waals surface area contributed by atoms with Crippen LogP contribution in [0.25, 0.3) is 0 Å². The van der Waals surface area contributed by atoms with E-state index in [9.17, 15) is 0 Å². The van der Waals surface area contributed by atoms with Gasteiger partial charge >= 0.3 is 0 Å². The van der Waals surface area contributed by atoms with Gasteiger partial charge in [0.25, 0.3) is 0 Å². The van der Waals surface area contributed by atoms with Crippen molar-refractivity contribution >= 4 is 23.5 Å². The minimum atomic E-state index is 0.400. The van der Waals surface area contributed by atoms with Crippen molar-refractivity contribution in [3.05, 3.63) is 12.7 Å². The van der Waals surface area contributed by atoms with Crippen LogP contribution in [0.5, 0.6) is 0 Å². The van der Waals surface area contributed by atoms with Crippen LogP contribution in [0, 0.1) is 0 Å². The van der Waals surface area contributed by atoms with Gasteiger partial charge < -0.3 is 5.73 Å². The molecular weight excluding hydrogens is 234 g/mol. The Labute approximate surface area is 109 Å². The smallest absolute Gasteiger partial charge is 0.0315 e. The first-order chi connectivity index (χ1) is 7.75. The average molecular weight is 259 g/mol. The third-order valence-electron chi connectivity index (χ3n) is 3.10. The molecule has 1 heterocycles. The molecule has 3 unspecified atom stereocenters. The van der Waals surface area contributed by atoms with Gasteiger partial charge in [-0.3, -0.25) is 0 Å². The molecule has 1 aliphatic rings. The normalized spacial score (nSPS) is 27.6. The summed E-state index contributed by atoms with van der Waals surface area (Å²) < 4.78 is 0. The zero-order chi connectivity index (χ0) is 11.8. The largest absolute Gasteiger partial charge is 0.327 e. The Kier molecular flexibility index (Phi) is 7.67. The number of thioether (sulfide) groups is 2. The lowest BCUT2D eigenvalue weighted by Crippen LogP contribution is -2.40. The average Bonchev–Trinajstić information content (AvgIpc) is 2.29. The lowest BCUT2D eigenvalue weighted by Gasteiger charge is -2.32. The molecule has 0 radical (unpaired) electrons. The van der Waals surface area contributed by atoms with Gasteiger partial charge in [-0.05, 0) is 19.3 Å². The van der Waals surface area contributed by atoms with Crippen molar-refractivity contribution in [1.29, 1.82) is 0 Å². The molecule has 3 atom stereocenters. The van der Waals surface area contributed by atoms with Gasteiger partial charge in [0.1, 0.15) is 0 Å². The molecule has 0 spiro atoms. The Bertz CT molecular complexity index is 196. The van der Waals surface area contributed by atoms with E-state index in [0.29, 0.717) is 11.3 Å². The third kappa shape index (κ3) is 5.15. The Morgan fingerprint density at radius 1 is 1.31 bits per heavy atom. The topological polar surface area (TPSA) is 26.0 Å². The van der Waals surface area contributed by atoms with Gasteiger partial charge in [-0.15, -0.1) is 6.58 Å². The van der Waals surface area contributed by atoms with Gasteiger partial charge in [-0.25, -0.2) is 0 Å². The molecular formula is C13H25NS2. The second-order valence-corrected chi connectivity index (χ2v) is 7.27. The zero-order valence-corrected chi connectivity index (χ0v) is 12.0. The van der Waals surface area contributed by atoms with E-state index in [2.05, 4.69) is 37.0 Å². The van der Waals surface area contributed by atoms with Crippen LogP contribution >= 0.6 is 23.5 Å². The Hall–Kier alpha value is 0.400. The summed E-state index contributed by atoms with van der Waals surface area (Å²) in [5.74, 6) is 2.58. The van der Waals surface area contributed by atoms with Crippen LogP contribution in [0.2, 0.25) is 0 Å². The number of hydrogen-bond donors (Lipinski definition) is 1.